The van der Waals surface area contributed by atoms with E-state index in [4.69, 9.17) is 10.00 Å². The Morgan fingerprint density at radius 1 is 1.42 bits per heavy atom. The van der Waals surface area contributed by atoms with Gasteiger partial charge >= 0.3 is 0 Å². The molecule has 19 heavy (non-hydrogen) atoms. The standard InChI is InChI=1S/C16H22N2O/c1-12(10-18-16(3,4)5)11-19-15-8-14(9-17)7-6-13(15)2/h6-8,18H,1,10-11H2,2-5H3. The van der Waals surface area contributed by atoms with Crippen molar-refractivity contribution in [2.45, 2.75) is 33.2 Å². The first-order valence-electron chi connectivity index (χ1n) is 6.37. The van der Waals surface area contributed by atoms with Crippen LogP contribution < -0.4 is 10.1 Å². The Morgan fingerprint density at radius 3 is 2.68 bits per heavy atom. The Balaban J connectivity index is 2.53. The molecule has 0 aliphatic rings. The normalized spacial score (nSPS) is 10.9. The fraction of sp³-hybridized carbons (Fsp3) is 0.438. The van der Waals surface area contributed by atoms with Crippen LogP contribution in [0.1, 0.15) is 31.9 Å². The summed E-state index contributed by atoms with van der Waals surface area (Å²) in [6, 6.07) is 7.56. The van der Waals surface area contributed by atoms with E-state index in [0.717, 1.165) is 23.4 Å². The summed E-state index contributed by atoms with van der Waals surface area (Å²) >= 11 is 0. The van der Waals surface area contributed by atoms with Crippen LogP contribution in [0.25, 0.3) is 0 Å². The highest BCUT2D eigenvalue weighted by molar-refractivity contribution is 5.41. The quantitative estimate of drug-likeness (QED) is 0.825. The van der Waals surface area contributed by atoms with E-state index in [9.17, 15) is 0 Å². The van der Waals surface area contributed by atoms with Crippen molar-refractivity contribution in [2.24, 2.45) is 0 Å². The molecule has 0 aliphatic carbocycles. The minimum atomic E-state index is 0.0690. The van der Waals surface area contributed by atoms with Crippen LogP contribution in [0.5, 0.6) is 5.75 Å². The number of benzene rings is 1. The molecule has 1 aromatic carbocycles. The van der Waals surface area contributed by atoms with Gasteiger partial charge in [-0.25, -0.2) is 0 Å². The molecule has 0 aliphatic heterocycles. The molecule has 0 radical (unpaired) electrons. The van der Waals surface area contributed by atoms with E-state index < -0.39 is 0 Å². The lowest BCUT2D eigenvalue weighted by Gasteiger charge is -2.21. The molecule has 0 fully saturated rings. The summed E-state index contributed by atoms with van der Waals surface area (Å²) in [6.45, 7) is 13.5. The highest BCUT2D eigenvalue weighted by Crippen LogP contribution is 2.19. The minimum absolute atomic E-state index is 0.0690. The van der Waals surface area contributed by atoms with Gasteiger partial charge in [-0.3, -0.25) is 0 Å². The molecule has 0 unspecified atom stereocenters. The van der Waals surface area contributed by atoms with Crippen LogP contribution in [0.3, 0.4) is 0 Å². The number of hydrogen-bond acceptors (Lipinski definition) is 3. The lowest BCUT2D eigenvalue weighted by Crippen LogP contribution is -2.37. The van der Waals surface area contributed by atoms with Crippen molar-refractivity contribution in [1.82, 2.24) is 5.32 Å². The van der Waals surface area contributed by atoms with Gasteiger partial charge in [-0.05, 0) is 51.0 Å². The summed E-state index contributed by atoms with van der Waals surface area (Å²) in [5.41, 5.74) is 2.69. The smallest absolute Gasteiger partial charge is 0.124 e. The number of aryl methyl sites for hydroxylation is 1. The zero-order chi connectivity index (χ0) is 14.5. The van der Waals surface area contributed by atoms with Crippen LogP contribution in [0.4, 0.5) is 0 Å². The van der Waals surface area contributed by atoms with Crippen molar-refractivity contribution in [3.63, 3.8) is 0 Å². The number of rotatable bonds is 5. The molecule has 0 saturated carbocycles. The zero-order valence-corrected chi connectivity index (χ0v) is 12.2. The molecule has 1 aromatic rings. The number of nitrogens with one attached hydrogen (secondary N) is 1. The lowest BCUT2D eigenvalue weighted by molar-refractivity contribution is 0.339. The number of hydrogen-bond donors (Lipinski definition) is 1. The Bertz CT molecular complexity index is 492. The molecule has 0 heterocycles. The van der Waals surface area contributed by atoms with Gasteiger partial charge in [0.25, 0.3) is 0 Å². The third kappa shape index (κ3) is 5.58. The van der Waals surface area contributed by atoms with Crippen molar-refractivity contribution in [2.75, 3.05) is 13.2 Å². The first-order chi connectivity index (χ1) is 8.81. The number of nitriles is 1. The molecule has 3 nitrogen and oxygen atoms in total. The van der Waals surface area contributed by atoms with E-state index in [2.05, 4.69) is 38.7 Å². The van der Waals surface area contributed by atoms with Crippen molar-refractivity contribution in [3.8, 4) is 11.8 Å². The summed E-state index contributed by atoms with van der Waals surface area (Å²) < 4.78 is 5.72. The van der Waals surface area contributed by atoms with E-state index in [-0.39, 0.29) is 5.54 Å². The van der Waals surface area contributed by atoms with Crippen molar-refractivity contribution in [1.29, 1.82) is 5.26 Å². The van der Waals surface area contributed by atoms with Gasteiger partial charge in [-0.15, -0.1) is 0 Å². The second kappa shape index (κ2) is 6.40. The van der Waals surface area contributed by atoms with Crippen LogP contribution in [0.2, 0.25) is 0 Å². The molecule has 1 N–H and O–H groups in total. The third-order valence-electron chi connectivity index (χ3n) is 2.62. The molecule has 0 spiro atoms. The van der Waals surface area contributed by atoms with E-state index in [1.807, 2.05) is 13.0 Å². The summed E-state index contributed by atoms with van der Waals surface area (Å²) in [5.74, 6) is 0.746. The van der Waals surface area contributed by atoms with Crippen LogP contribution in [0, 0.1) is 18.3 Å². The number of nitrogens with zero attached hydrogens (tertiary/aromatic N) is 1. The molecule has 0 amide bonds. The zero-order valence-electron chi connectivity index (χ0n) is 12.2. The van der Waals surface area contributed by atoms with Gasteiger partial charge in [0.2, 0.25) is 0 Å². The highest BCUT2D eigenvalue weighted by atomic mass is 16.5. The van der Waals surface area contributed by atoms with Crippen LogP contribution in [0.15, 0.2) is 30.4 Å². The Morgan fingerprint density at radius 2 is 2.11 bits per heavy atom. The second-order valence-electron chi connectivity index (χ2n) is 5.73. The van der Waals surface area contributed by atoms with E-state index in [0.29, 0.717) is 12.2 Å². The molecule has 102 valence electrons. The first-order valence-corrected chi connectivity index (χ1v) is 6.37. The second-order valence-corrected chi connectivity index (χ2v) is 5.73. The maximum atomic E-state index is 8.87. The molecular weight excluding hydrogens is 236 g/mol. The SMILES string of the molecule is C=C(CNC(C)(C)C)COc1cc(C#N)ccc1C. The van der Waals surface area contributed by atoms with Gasteiger partial charge < -0.3 is 10.1 Å². The van der Waals surface area contributed by atoms with Gasteiger partial charge in [0.1, 0.15) is 12.4 Å². The van der Waals surface area contributed by atoms with E-state index in [1.165, 1.54) is 0 Å². The predicted octanol–water partition coefficient (Wildman–Crippen LogP) is 3.19. The molecule has 0 bridgehead atoms. The van der Waals surface area contributed by atoms with Gasteiger partial charge in [0.05, 0.1) is 11.6 Å². The fourth-order valence-electron chi connectivity index (χ4n) is 1.45. The molecule has 0 atom stereocenters. The van der Waals surface area contributed by atoms with Crippen LogP contribution in [-0.2, 0) is 0 Å². The Kier molecular flexibility index (Phi) is 5.14. The van der Waals surface area contributed by atoms with Gasteiger partial charge in [0, 0.05) is 12.1 Å². The fourth-order valence-corrected chi connectivity index (χ4v) is 1.45. The average molecular weight is 258 g/mol. The molecule has 3 heteroatoms. The van der Waals surface area contributed by atoms with Crippen molar-refractivity contribution < 1.29 is 4.74 Å². The number of ether oxygens (including phenoxy) is 1. The van der Waals surface area contributed by atoms with Crippen molar-refractivity contribution in [3.05, 3.63) is 41.5 Å². The van der Waals surface area contributed by atoms with Crippen LogP contribution in [-0.4, -0.2) is 18.7 Å². The Labute approximate surface area is 115 Å². The summed E-state index contributed by atoms with van der Waals surface area (Å²) in [4.78, 5) is 0. The summed E-state index contributed by atoms with van der Waals surface area (Å²) in [5, 5.41) is 12.2. The minimum Gasteiger partial charge on any atom is -0.489 e. The molecule has 0 aromatic heterocycles. The van der Waals surface area contributed by atoms with Crippen LogP contribution >= 0.6 is 0 Å². The third-order valence-corrected chi connectivity index (χ3v) is 2.62. The summed E-state index contributed by atoms with van der Waals surface area (Å²) in [6.07, 6.45) is 0. The molecule has 0 saturated heterocycles. The van der Waals surface area contributed by atoms with Gasteiger partial charge in [-0.1, -0.05) is 12.6 Å². The monoisotopic (exact) mass is 258 g/mol. The average Bonchev–Trinajstić information content (AvgIpc) is 2.34. The van der Waals surface area contributed by atoms with E-state index in [1.54, 1.807) is 12.1 Å². The van der Waals surface area contributed by atoms with E-state index >= 15 is 0 Å². The molecular formula is C16H22N2O. The Hall–Kier alpha value is -1.79. The topological polar surface area (TPSA) is 45.0 Å². The van der Waals surface area contributed by atoms with Gasteiger partial charge in [0.15, 0.2) is 0 Å². The predicted molar refractivity (Wildman–Crippen MR) is 78.3 cm³/mol. The first kappa shape index (κ1) is 15.3. The maximum absolute atomic E-state index is 8.87. The summed E-state index contributed by atoms with van der Waals surface area (Å²) in [7, 11) is 0. The highest BCUT2D eigenvalue weighted by Gasteiger charge is 2.09. The largest absolute Gasteiger partial charge is 0.489 e. The molecule has 1 rings (SSSR count). The maximum Gasteiger partial charge on any atom is 0.124 e. The lowest BCUT2D eigenvalue weighted by atomic mass is 10.1. The van der Waals surface area contributed by atoms with Gasteiger partial charge in [-0.2, -0.15) is 5.26 Å². The van der Waals surface area contributed by atoms with Crippen molar-refractivity contribution >= 4 is 0 Å².